The van der Waals surface area contributed by atoms with Crippen LogP contribution in [-0.4, -0.2) is 37.2 Å². The molecule has 0 aliphatic carbocycles. The van der Waals surface area contributed by atoms with E-state index in [1.807, 2.05) is 0 Å². The van der Waals surface area contributed by atoms with Gasteiger partial charge in [-0.15, -0.1) is 11.3 Å². The summed E-state index contributed by atoms with van der Waals surface area (Å²) in [6.07, 6.45) is 1.12. The van der Waals surface area contributed by atoms with Gasteiger partial charge >= 0.3 is 6.61 Å². The van der Waals surface area contributed by atoms with Crippen molar-refractivity contribution in [2.45, 2.75) is 11.5 Å². The molecule has 2 aromatic heterocycles. The summed E-state index contributed by atoms with van der Waals surface area (Å²) in [7, 11) is -3.35. The summed E-state index contributed by atoms with van der Waals surface area (Å²) in [5.74, 6) is -0.443. The summed E-state index contributed by atoms with van der Waals surface area (Å²) < 4.78 is 52.8. The highest BCUT2D eigenvalue weighted by molar-refractivity contribution is 7.90. The van der Waals surface area contributed by atoms with Gasteiger partial charge in [-0.25, -0.2) is 18.4 Å². The number of thiazole rings is 2. The van der Waals surface area contributed by atoms with Crippen molar-refractivity contribution >= 4 is 64.6 Å². The number of hydrogen-bond acceptors (Lipinski definition) is 9. The van der Waals surface area contributed by atoms with E-state index in [1.54, 1.807) is 23.6 Å². The van der Waals surface area contributed by atoms with E-state index in [0.717, 1.165) is 17.6 Å². The van der Waals surface area contributed by atoms with E-state index in [0.29, 0.717) is 26.2 Å². The number of aromatic nitrogens is 2. The Balaban J connectivity index is 1.43. The zero-order valence-corrected chi connectivity index (χ0v) is 18.7. The zero-order valence-electron chi connectivity index (χ0n) is 16.2. The van der Waals surface area contributed by atoms with Gasteiger partial charge in [-0.3, -0.25) is 10.1 Å². The standard InChI is InChI=1S/C19H14F2N4O4S3/c1-32(27,28)12-6-7-13-15(8-12)31-19(23-13)25-16(26)14-9-30-18(24-14)22-10-2-4-11(5-3-10)29-17(20)21/h2-9,17H,1H3,(H,22,24)(H,23,25,26). The molecule has 0 saturated carbocycles. The maximum Gasteiger partial charge on any atom is 0.387 e. The molecule has 2 N–H and O–H groups in total. The second-order valence-electron chi connectivity index (χ2n) is 6.44. The van der Waals surface area contributed by atoms with Crippen LogP contribution in [0.1, 0.15) is 10.5 Å². The molecule has 0 radical (unpaired) electrons. The Kier molecular flexibility index (Phi) is 6.04. The maximum absolute atomic E-state index is 12.5. The predicted molar refractivity (Wildman–Crippen MR) is 119 cm³/mol. The number of carbonyl (C=O) groups is 1. The fourth-order valence-electron chi connectivity index (χ4n) is 2.63. The fourth-order valence-corrected chi connectivity index (χ4v) is 4.96. The van der Waals surface area contributed by atoms with Gasteiger partial charge in [0, 0.05) is 17.3 Å². The Morgan fingerprint density at radius 1 is 1.09 bits per heavy atom. The number of alkyl halides is 2. The van der Waals surface area contributed by atoms with Crippen molar-refractivity contribution in [1.82, 2.24) is 9.97 Å². The number of halogens is 2. The van der Waals surface area contributed by atoms with Crippen molar-refractivity contribution in [3.8, 4) is 5.75 Å². The number of ether oxygens (including phenoxy) is 1. The molecule has 0 fully saturated rings. The number of anilines is 3. The topological polar surface area (TPSA) is 110 Å². The SMILES string of the molecule is CS(=O)(=O)c1ccc2nc(NC(=O)c3csc(Nc4ccc(OC(F)F)cc4)n3)sc2c1. The van der Waals surface area contributed by atoms with Crippen LogP contribution in [0, 0.1) is 0 Å². The molecule has 4 aromatic rings. The first-order chi connectivity index (χ1) is 15.2. The highest BCUT2D eigenvalue weighted by atomic mass is 32.2. The largest absolute Gasteiger partial charge is 0.435 e. The molecule has 0 aliphatic rings. The summed E-state index contributed by atoms with van der Waals surface area (Å²) in [4.78, 5) is 21.2. The molecule has 13 heteroatoms. The van der Waals surface area contributed by atoms with Gasteiger partial charge in [0.1, 0.15) is 11.4 Å². The third kappa shape index (κ3) is 5.18. The minimum Gasteiger partial charge on any atom is -0.435 e. The Morgan fingerprint density at radius 3 is 2.53 bits per heavy atom. The minimum atomic E-state index is -3.35. The number of nitrogens with one attached hydrogen (secondary N) is 2. The Hall–Kier alpha value is -3.16. The summed E-state index contributed by atoms with van der Waals surface area (Å²) in [5.41, 5.74) is 1.31. The second kappa shape index (κ2) is 8.76. The molecule has 4 rings (SSSR count). The number of carbonyl (C=O) groups excluding carboxylic acids is 1. The van der Waals surface area contributed by atoms with Crippen LogP contribution in [0.25, 0.3) is 10.2 Å². The number of amides is 1. The molecule has 0 aliphatic heterocycles. The van der Waals surface area contributed by atoms with Crippen LogP contribution in [-0.2, 0) is 9.84 Å². The number of benzene rings is 2. The lowest BCUT2D eigenvalue weighted by Crippen LogP contribution is -2.12. The Bertz CT molecular complexity index is 1390. The minimum absolute atomic E-state index is 0.0317. The molecule has 32 heavy (non-hydrogen) atoms. The number of rotatable bonds is 7. The average Bonchev–Trinajstić information content (AvgIpc) is 3.34. The number of fused-ring (bicyclic) bond motifs is 1. The van der Waals surface area contributed by atoms with Gasteiger partial charge in [0.15, 0.2) is 20.1 Å². The number of sulfone groups is 1. The van der Waals surface area contributed by atoms with Gasteiger partial charge in [0.05, 0.1) is 15.1 Å². The van der Waals surface area contributed by atoms with Crippen molar-refractivity contribution < 1.29 is 26.7 Å². The summed E-state index contributed by atoms with van der Waals surface area (Å²) in [6, 6.07) is 10.4. The van der Waals surface area contributed by atoms with Crippen LogP contribution >= 0.6 is 22.7 Å². The molecule has 0 saturated heterocycles. The van der Waals surface area contributed by atoms with E-state index in [-0.39, 0.29) is 16.3 Å². The van der Waals surface area contributed by atoms with Crippen molar-refractivity contribution in [1.29, 1.82) is 0 Å². The normalized spacial score (nSPS) is 11.6. The highest BCUT2D eigenvalue weighted by Crippen LogP contribution is 2.29. The number of hydrogen-bond donors (Lipinski definition) is 2. The lowest BCUT2D eigenvalue weighted by Gasteiger charge is -2.06. The Labute approximate surface area is 188 Å². The molecule has 0 spiro atoms. The van der Waals surface area contributed by atoms with Crippen LogP contribution in [0.4, 0.5) is 24.7 Å². The molecule has 0 bridgehead atoms. The van der Waals surface area contributed by atoms with E-state index in [1.165, 1.54) is 35.6 Å². The summed E-state index contributed by atoms with van der Waals surface area (Å²) in [6.45, 7) is -2.90. The van der Waals surface area contributed by atoms with Crippen molar-refractivity contribution in [2.24, 2.45) is 0 Å². The molecule has 8 nitrogen and oxygen atoms in total. The van der Waals surface area contributed by atoms with E-state index in [2.05, 4.69) is 25.3 Å². The first kappa shape index (κ1) is 22.0. The van der Waals surface area contributed by atoms with Crippen LogP contribution in [0.2, 0.25) is 0 Å². The van der Waals surface area contributed by atoms with Gasteiger partial charge < -0.3 is 10.1 Å². The van der Waals surface area contributed by atoms with E-state index >= 15 is 0 Å². The van der Waals surface area contributed by atoms with Crippen molar-refractivity contribution in [3.63, 3.8) is 0 Å². The summed E-state index contributed by atoms with van der Waals surface area (Å²) >= 11 is 2.34. The quantitative estimate of drug-likeness (QED) is 0.380. The third-order valence-corrected chi connectivity index (χ3v) is 6.88. The zero-order chi connectivity index (χ0) is 22.9. The predicted octanol–water partition coefficient (Wildman–Crippen LogP) is 4.75. The molecule has 0 unspecified atom stereocenters. The third-order valence-electron chi connectivity index (χ3n) is 4.08. The molecule has 2 aromatic carbocycles. The Morgan fingerprint density at radius 2 is 1.84 bits per heavy atom. The molecule has 166 valence electrons. The summed E-state index contributed by atoms with van der Waals surface area (Å²) in [5, 5.41) is 7.94. The van der Waals surface area contributed by atoms with Crippen molar-refractivity contribution in [2.75, 3.05) is 16.9 Å². The fraction of sp³-hybridized carbons (Fsp3) is 0.105. The van der Waals surface area contributed by atoms with Gasteiger partial charge in [-0.1, -0.05) is 11.3 Å². The van der Waals surface area contributed by atoms with E-state index in [9.17, 15) is 22.0 Å². The van der Waals surface area contributed by atoms with Crippen LogP contribution < -0.4 is 15.4 Å². The molecular weight excluding hydrogens is 482 g/mol. The van der Waals surface area contributed by atoms with Crippen LogP contribution in [0.3, 0.4) is 0 Å². The molecular formula is C19H14F2N4O4S3. The van der Waals surface area contributed by atoms with E-state index in [4.69, 9.17) is 0 Å². The number of nitrogens with zero attached hydrogens (tertiary/aromatic N) is 2. The van der Waals surface area contributed by atoms with Crippen molar-refractivity contribution in [3.05, 3.63) is 53.5 Å². The molecule has 1 amide bonds. The monoisotopic (exact) mass is 496 g/mol. The molecule has 2 heterocycles. The van der Waals surface area contributed by atoms with Crippen LogP contribution in [0.15, 0.2) is 52.7 Å². The van der Waals surface area contributed by atoms with Crippen LogP contribution in [0.5, 0.6) is 5.75 Å². The van der Waals surface area contributed by atoms with Gasteiger partial charge in [-0.05, 0) is 42.5 Å². The van der Waals surface area contributed by atoms with Gasteiger partial charge in [-0.2, -0.15) is 8.78 Å². The lowest BCUT2D eigenvalue weighted by molar-refractivity contribution is -0.0498. The van der Waals surface area contributed by atoms with E-state index < -0.39 is 22.4 Å². The lowest BCUT2D eigenvalue weighted by atomic mass is 10.3. The first-order valence-corrected chi connectivity index (χ1v) is 12.5. The second-order valence-corrected chi connectivity index (χ2v) is 10.3. The average molecular weight is 497 g/mol. The van der Waals surface area contributed by atoms with Gasteiger partial charge in [0.2, 0.25) is 0 Å². The molecule has 0 atom stereocenters. The van der Waals surface area contributed by atoms with Gasteiger partial charge in [0.25, 0.3) is 5.91 Å². The maximum atomic E-state index is 12.5. The smallest absolute Gasteiger partial charge is 0.387 e. The first-order valence-electron chi connectivity index (χ1n) is 8.87. The highest BCUT2D eigenvalue weighted by Gasteiger charge is 2.15.